The van der Waals surface area contributed by atoms with E-state index in [9.17, 15) is 5.11 Å². The van der Waals surface area contributed by atoms with E-state index in [1.54, 1.807) is 23.5 Å². The van der Waals surface area contributed by atoms with Crippen molar-refractivity contribution in [2.45, 2.75) is 20.8 Å². The number of aryl methyl sites for hydroxylation is 1. The van der Waals surface area contributed by atoms with Gasteiger partial charge in [0.1, 0.15) is 10.8 Å². The summed E-state index contributed by atoms with van der Waals surface area (Å²) in [6.07, 6.45) is 0. The number of hydrogen-bond donors (Lipinski definition) is 3. The molecule has 1 heterocycles. The fourth-order valence-electron chi connectivity index (χ4n) is 1.85. The molecule has 2 rings (SSSR count). The van der Waals surface area contributed by atoms with E-state index in [0.717, 1.165) is 33.4 Å². The molecule has 0 aliphatic rings. The van der Waals surface area contributed by atoms with Crippen LogP contribution in [0, 0.1) is 6.92 Å². The SMILES string of the molecule is CCNC(=S)N/N=C(\C)c1sc(-c2ccc(O)cc2)nc1C. The van der Waals surface area contributed by atoms with Crippen LogP contribution in [0.25, 0.3) is 10.6 Å². The van der Waals surface area contributed by atoms with Gasteiger partial charge in [0.25, 0.3) is 0 Å². The molecule has 0 spiro atoms. The number of hydrazone groups is 1. The second-order valence-electron chi connectivity index (χ2n) is 4.65. The normalized spacial score (nSPS) is 11.3. The molecule has 0 saturated carbocycles. The summed E-state index contributed by atoms with van der Waals surface area (Å²) in [6.45, 7) is 6.60. The van der Waals surface area contributed by atoms with E-state index in [0.29, 0.717) is 5.11 Å². The molecule has 5 nitrogen and oxygen atoms in total. The van der Waals surface area contributed by atoms with E-state index in [2.05, 4.69) is 20.8 Å². The molecule has 1 aromatic heterocycles. The third-order valence-electron chi connectivity index (χ3n) is 2.90. The van der Waals surface area contributed by atoms with Crippen molar-refractivity contribution in [1.82, 2.24) is 15.7 Å². The van der Waals surface area contributed by atoms with Crippen molar-refractivity contribution < 1.29 is 5.11 Å². The van der Waals surface area contributed by atoms with Crippen LogP contribution in [0.15, 0.2) is 29.4 Å². The lowest BCUT2D eigenvalue weighted by molar-refractivity contribution is 0.475. The number of hydrogen-bond acceptors (Lipinski definition) is 5. The van der Waals surface area contributed by atoms with Gasteiger partial charge in [-0.3, -0.25) is 5.43 Å². The van der Waals surface area contributed by atoms with Crippen LogP contribution in [0.5, 0.6) is 5.75 Å². The molecular weight excluding hydrogens is 316 g/mol. The highest BCUT2D eigenvalue weighted by Crippen LogP contribution is 2.29. The first-order chi connectivity index (χ1) is 10.5. The third-order valence-corrected chi connectivity index (χ3v) is 4.45. The van der Waals surface area contributed by atoms with E-state index < -0.39 is 0 Å². The molecule has 0 amide bonds. The summed E-state index contributed by atoms with van der Waals surface area (Å²) in [6, 6.07) is 7.01. The summed E-state index contributed by atoms with van der Waals surface area (Å²) in [4.78, 5) is 5.58. The Bertz CT molecular complexity index is 692. The van der Waals surface area contributed by atoms with Crippen LogP contribution in [-0.2, 0) is 0 Å². The number of rotatable bonds is 4. The van der Waals surface area contributed by atoms with Crippen LogP contribution >= 0.6 is 23.6 Å². The first-order valence-electron chi connectivity index (χ1n) is 6.86. The van der Waals surface area contributed by atoms with Gasteiger partial charge >= 0.3 is 0 Å². The molecule has 0 aliphatic heterocycles. The molecule has 2 aromatic rings. The molecule has 0 radical (unpaired) electrons. The maximum absolute atomic E-state index is 9.35. The van der Waals surface area contributed by atoms with Gasteiger partial charge < -0.3 is 10.4 Å². The molecule has 0 unspecified atom stereocenters. The second-order valence-corrected chi connectivity index (χ2v) is 6.06. The highest BCUT2D eigenvalue weighted by Gasteiger charge is 2.12. The van der Waals surface area contributed by atoms with Crippen molar-refractivity contribution in [3.8, 4) is 16.3 Å². The molecule has 0 saturated heterocycles. The molecule has 0 aliphatic carbocycles. The zero-order valence-corrected chi connectivity index (χ0v) is 14.3. The van der Waals surface area contributed by atoms with E-state index in [1.807, 2.05) is 32.9 Å². The number of phenolic OH excluding ortho intramolecular Hbond substituents is 1. The Balaban J connectivity index is 2.20. The van der Waals surface area contributed by atoms with Gasteiger partial charge in [0.05, 0.1) is 16.3 Å². The largest absolute Gasteiger partial charge is 0.508 e. The lowest BCUT2D eigenvalue weighted by Gasteiger charge is -2.04. The minimum absolute atomic E-state index is 0.246. The summed E-state index contributed by atoms with van der Waals surface area (Å²) >= 11 is 6.65. The Morgan fingerprint density at radius 2 is 2.05 bits per heavy atom. The standard InChI is InChI=1S/C15H18N4OS2/c1-4-16-15(21)19-18-10(3)13-9(2)17-14(22-13)11-5-7-12(20)8-6-11/h5-8,20H,4H2,1-3H3,(H2,16,19,21)/b18-10+. The lowest BCUT2D eigenvalue weighted by Crippen LogP contribution is -2.32. The number of thiazole rings is 1. The number of nitrogens with zero attached hydrogens (tertiary/aromatic N) is 2. The average Bonchev–Trinajstić information content (AvgIpc) is 2.88. The van der Waals surface area contributed by atoms with Crippen LogP contribution in [0.2, 0.25) is 0 Å². The summed E-state index contributed by atoms with van der Waals surface area (Å²) < 4.78 is 0. The molecule has 0 atom stereocenters. The predicted molar refractivity (Wildman–Crippen MR) is 95.6 cm³/mol. The molecule has 3 N–H and O–H groups in total. The van der Waals surface area contributed by atoms with Crippen molar-refractivity contribution in [3.63, 3.8) is 0 Å². The van der Waals surface area contributed by atoms with Gasteiger partial charge in [0.15, 0.2) is 5.11 Å². The van der Waals surface area contributed by atoms with Gasteiger partial charge in [-0.15, -0.1) is 11.3 Å². The quantitative estimate of drug-likeness (QED) is 0.455. The van der Waals surface area contributed by atoms with Crippen LogP contribution < -0.4 is 10.7 Å². The Hall–Kier alpha value is -1.99. The van der Waals surface area contributed by atoms with Gasteiger partial charge in [-0.05, 0) is 57.3 Å². The fraction of sp³-hybridized carbons (Fsp3) is 0.267. The van der Waals surface area contributed by atoms with Crippen LogP contribution in [-0.4, -0.2) is 27.5 Å². The topological polar surface area (TPSA) is 69.5 Å². The van der Waals surface area contributed by atoms with Crippen LogP contribution in [0.1, 0.15) is 24.4 Å². The highest BCUT2D eigenvalue weighted by molar-refractivity contribution is 7.80. The lowest BCUT2D eigenvalue weighted by atomic mass is 10.2. The van der Waals surface area contributed by atoms with Crippen molar-refractivity contribution in [1.29, 1.82) is 0 Å². The first kappa shape index (κ1) is 16.4. The Kier molecular flexibility index (Phi) is 5.46. The molecular formula is C15H18N4OS2. The Morgan fingerprint density at radius 1 is 1.36 bits per heavy atom. The van der Waals surface area contributed by atoms with E-state index in [4.69, 9.17) is 12.2 Å². The van der Waals surface area contributed by atoms with E-state index in [1.165, 1.54) is 0 Å². The molecule has 1 aromatic carbocycles. The van der Waals surface area contributed by atoms with E-state index >= 15 is 0 Å². The summed E-state index contributed by atoms with van der Waals surface area (Å²) in [7, 11) is 0. The number of benzene rings is 1. The van der Waals surface area contributed by atoms with Gasteiger partial charge in [0.2, 0.25) is 0 Å². The molecule has 0 fully saturated rings. The number of aromatic hydroxyl groups is 1. The van der Waals surface area contributed by atoms with E-state index in [-0.39, 0.29) is 5.75 Å². The number of phenols is 1. The Morgan fingerprint density at radius 3 is 2.68 bits per heavy atom. The van der Waals surface area contributed by atoms with Gasteiger partial charge in [0, 0.05) is 12.1 Å². The third kappa shape index (κ3) is 4.02. The van der Waals surface area contributed by atoms with Crippen molar-refractivity contribution in [2.24, 2.45) is 5.10 Å². The minimum atomic E-state index is 0.246. The number of nitrogens with one attached hydrogen (secondary N) is 2. The first-order valence-corrected chi connectivity index (χ1v) is 8.09. The molecule has 7 heteroatoms. The van der Waals surface area contributed by atoms with Crippen LogP contribution in [0.4, 0.5) is 0 Å². The van der Waals surface area contributed by atoms with Crippen LogP contribution in [0.3, 0.4) is 0 Å². The van der Waals surface area contributed by atoms with Gasteiger partial charge in [-0.1, -0.05) is 0 Å². The highest BCUT2D eigenvalue weighted by atomic mass is 32.1. The summed E-state index contributed by atoms with van der Waals surface area (Å²) in [5.74, 6) is 0.246. The maximum atomic E-state index is 9.35. The second kappa shape index (κ2) is 7.33. The summed E-state index contributed by atoms with van der Waals surface area (Å²) in [5.41, 5.74) is 5.55. The summed E-state index contributed by atoms with van der Waals surface area (Å²) in [5, 5.41) is 18.0. The van der Waals surface area contributed by atoms with Gasteiger partial charge in [-0.2, -0.15) is 5.10 Å². The fourth-order valence-corrected chi connectivity index (χ4v) is 3.05. The zero-order valence-electron chi connectivity index (χ0n) is 12.7. The molecule has 116 valence electrons. The zero-order chi connectivity index (χ0) is 16.1. The van der Waals surface area contributed by atoms with Crippen molar-refractivity contribution in [3.05, 3.63) is 34.8 Å². The minimum Gasteiger partial charge on any atom is -0.508 e. The number of thiocarbonyl (C=S) groups is 1. The van der Waals surface area contributed by atoms with Crippen molar-refractivity contribution in [2.75, 3.05) is 6.54 Å². The molecule has 0 bridgehead atoms. The van der Waals surface area contributed by atoms with Gasteiger partial charge in [-0.25, -0.2) is 4.98 Å². The maximum Gasteiger partial charge on any atom is 0.186 e. The monoisotopic (exact) mass is 334 g/mol. The smallest absolute Gasteiger partial charge is 0.186 e. The number of aromatic nitrogens is 1. The average molecular weight is 334 g/mol. The molecule has 22 heavy (non-hydrogen) atoms. The predicted octanol–water partition coefficient (Wildman–Crippen LogP) is 3.03. The Labute approximate surface area is 139 Å². The van der Waals surface area contributed by atoms with Crippen molar-refractivity contribution >= 4 is 34.4 Å².